The molecule has 0 amide bonds. The SMILES string of the molecule is Cn1cc2nc1-c1cccc(c1[S-])C(C)(C)c1cccc(c1[S-])-c1nc(cn1C)-c1ccccc1-2.[Pt+2]. The average molecular weight is 688 g/mol. The molecular weight excluding hydrogens is 664 g/mol. The molecule has 8 bridgehead atoms. The molecule has 0 radical (unpaired) electrons. The normalized spacial score (nSPS) is 13.2. The Morgan fingerprint density at radius 2 is 1.00 bits per heavy atom. The fraction of sp³-hybridized carbons (Fsp3) is 0.172. The number of imidazole rings is 2. The Morgan fingerprint density at radius 1 is 0.611 bits per heavy atom. The number of hydrogen-bond donors (Lipinski definition) is 0. The van der Waals surface area contributed by atoms with E-state index in [-0.39, 0.29) is 21.1 Å². The Hall–Kier alpha value is -2.79. The van der Waals surface area contributed by atoms with Gasteiger partial charge in [0.05, 0.1) is 11.4 Å². The summed E-state index contributed by atoms with van der Waals surface area (Å²) in [6, 6.07) is 20.8. The van der Waals surface area contributed by atoms with Crippen molar-refractivity contribution in [3.05, 3.63) is 84.2 Å². The van der Waals surface area contributed by atoms with E-state index in [4.69, 9.17) is 35.2 Å². The maximum absolute atomic E-state index is 6.09. The largest absolute Gasteiger partial charge is 2.00 e. The van der Waals surface area contributed by atoms with Crippen LogP contribution in [0.25, 0.3) is 45.3 Å². The van der Waals surface area contributed by atoms with Crippen LogP contribution in [0.2, 0.25) is 0 Å². The van der Waals surface area contributed by atoms with E-state index in [1.54, 1.807) is 0 Å². The molecule has 182 valence electrons. The molecule has 4 nitrogen and oxygen atoms in total. The molecule has 0 unspecified atom stereocenters. The fourth-order valence-electron chi connectivity index (χ4n) is 5.18. The zero-order valence-corrected chi connectivity index (χ0v) is 24.3. The van der Waals surface area contributed by atoms with Gasteiger partial charge in [-0.15, -0.1) is 0 Å². The summed E-state index contributed by atoms with van der Waals surface area (Å²) in [7, 11) is 4.04. The molecular formula is C29H24N4PtS2. The van der Waals surface area contributed by atoms with E-state index in [1.807, 2.05) is 26.2 Å². The van der Waals surface area contributed by atoms with Crippen LogP contribution in [0.15, 0.2) is 82.8 Å². The van der Waals surface area contributed by atoms with Gasteiger partial charge in [-0.25, -0.2) is 9.97 Å². The summed E-state index contributed by atoms with van der Waals surface area (Å²) >= 11 is 12.2. The van der Waals surface area contributed by atoms with Gasteiger partial charge in [0, 0.05) is 43.0 Å². The zero-order chi connectivity index (χ0) is 24.5. The van der Waals surface area contributed by atoms with Gasteiger partial charge in [-0.2, -0.15) is 9.79 Å². The van der Waals surface area contributed by atoms with Crippen molar-refractivity contribution in [2.75, 3.05) is 0 Å². The van der Waals surface area contributed by atoms with Gasteiger partial charge in [0.15, 0.2) is 0 Å². The van der Waals surface area contributed by atoms with Gasteiger partial charge in [-0.05, 0) is 11.1 Å². The first-order valence-electron chi connectivity index (χ1n) is 11.6. The molecule has 3 aromatic carbocycles. The predicted molar refractivity (Wildman–Crippen MR) is 145 cm³/mol. The summed E-state index contributed by atoms with van der Waals surface area (Å²) in [5.41, 5.74) is 7.48. The average Bonchev–Trinajstić information content (AvgIpc) is 3.41. The maximum Gasteiger partial charge on any atom is 2.00 e. The van der Waals surface area contributed by atoms with Gasteiger partial charge in [0.1, 0.15) is 11.6 Å². The molecule has 0 saturated heterocycles. The molecule has 3 heterocycles. The van der Waals surface area contributed by atoms with Crippen LogP contribution in [-0.4, -0.2) is 19.1 Å². The van der Waals surface area contributed by atoms with Crippen LogP contribution in [0.5, 0.6) is 0 Å². The molecule has 0 aliphatic carbocycles. The van der Waals surface area contributed by atoms with Crippen molar-refractivity contribution in [2.45, 2.75) is 29.1 Å². The third kappa shape index (κ3) is 3.66. The quantitative estimate of drug-likeness (QED) is 0.180. The summed E-state index contributed by atoms with van der Waals surface area (Å²) in [6.07, 6.45) is 4.14. The Morgan fingerprint density at radius 3 is 1.42 bits per heavy atom. The van der Waals surface area contributed by atoms with Gasteiger partial charge in [0.2, 0.25) is 0 Å². The molecule has 36 heavy (non-hydrogen) atoms. The van der Waals surface area contributed by atoms with E-state index in [0.29, 0.717) is 0 Å². The molecule has 6 rings (SSSR count). The third-order valence-corrected chi connectivity index (χ3v) is 7.97. The van der Waals surface area contributed by atoms with Crippen LogP contribution in [0.4, 0.5) is 0 Å². The third-order valence-electron chi connectivity index (χ3n) is 7.09. The van der Waals surface area contributed by atoms with Crippen molar-refractivity contribution in [3.8, 4) is 45.3 Å². The summed E-state index contributed by atoms with van der Waals surface area (Å²) in [5.74, 6) is 1.70. The minimum absolute atomic E-state index is 0. The number of rotatable bonds is 0. The number of hydrogen-bond acceptors (Lipinski definition) is 4. The summed E-state index contributed by atoms with van der Waals surface area (Å²) in [4.78, 5) is 11.8. The zero-order valence-electron chi connectivity index (χ0n) is 20.3. The Bertz CT molecular complexity index is 1510. The van der Waals surface area contributed by atoms with Crippen molar-refractivity contribution in [3.63, 3.8) is 0 Å². The second-order valence-corrected chi connectivity index (χ2v) is 10.5. The van der Waals surface area contributed by atoms with Gasteiger partial charge in [-0.3, -0.25) is 0 Å². The van der Waals surface area contributed by atoms with E-state index in [1.165, 1.54) is 0 Å². The van der Waals surface area contributed by atoms with Gasteiger partial charge in [0.25, 0.3) is 0 Å². The van der Waals surface area contributed by atoms with E-state index in [2.05, 4.69) is 83.9 Å². The molecule has 0 fully saturated rings. The van der Waals surface area contributed by atoms with E-state index >= 15 is 0 Å². The molecule has 0 spiro atoms. The number of nitrogens with zero attached hydrogens (tertiary/aromatic N) is 4. The van der Waals surface area contributed by atoms with Gasteiger partial charge >= 0.3 is 21.1 Å². The van der Waals surface area contributed by atoms with Crippen LogP contribution in [0, 0.1) is 0 Å². The molecule has 7 heteroatoms. The second kappa shape index (κ2) is 8.95. The van der Waals surface area contributed by atoms with Crippen molar-refractivity contribution >= 4 is 25.3 Å². The molecule has 1 aliphatic rings. The first-order chi connectivity index (χ1) is 16.8. The number of fused-ring (bicyclic) bond motifs is 13. The van der Waals surface area contributed by atoms with Crippen LogP contribution in [0.1, 0.15) is 25.0 Å². The first kappa shape index (κ1) is 24.9. The maximum atomic E-state index is 6.09. The second-order valence-electron chi connectivity index (χ2n) is 9.66. The van der Waals surface area contributed by atoms with Crippen molar-refractivity contribution in [2.24, 2.45) is 14.1 Å². The smallest absolute Gasteiger partial charge is 0.779 e. The predicted octanol–water partition coefficient (Wildman–Crippen LogP) is 6.27. The van der Waals surface area contributed by atoms with Crippen molar-refractivity contribution < 1.29 is 21.1 Å². The summed E-state index contributed by atoms with van der Waals surface area (Å²) < 4.78 is 4.12. The van der Waals surface area contributed by atoms with Crippen molar-refractivity contribution in [1.82, 2.24) is 19.1 Å². The number of benzene rings is 3. The van der Waals surface area contributed by atoms with Crippen LogP contribution in [-0.2, 0) is 65.8 Å². The number of aromatic nitrogens is 4. The minimum atomic E-state index is -0.398. The fourth-order valence-corrected chi connectivity index (χ4v) is 6.14. The van der Waals surface area contributed by atoms with E-state index in [0.717, 1.165) is 66.2 Å². The molecule has 2 aromatic heterocycles. The number of aryl methyl sites for hydroxylation is 2. The molecule has 1 aliphatic heterocycles. The van der Waals surface area contributed by atoms with Crippen LogP contribution in [0.3, 0.4) is 0 Å². The summed E-state index contributed by atoms with van der Waals surface area (Å²) in [5, 5.41) is 0. The molecule has 0 N–H and O–H groups in total. The monoisotopic (exact) mass is 687 g/mol. The minimum Gasteiger partial charge on any atom is -0.779 e. The molecule has 0 atom stereocenters. The Balaban J connectivity index is 0.00000267. The van der Waals surface area contributed by atoms with Gasteiger partial charge in [-0.1, -0.05) is 85.6 Å². The van der Waals surface area contributed by atoms with E-state index < -0.39 is 5.41 Å². The van der Waals surface area contributed by atoms with Crippen LogP contribution >= 0.6 is 0 Å². The molecule has 5 aromatic rings. The molecule has 0 saturated carbocycles. The topological polar surface area (TPSA) is 35.6 Å². The summed E-state index contributed by atoms with van der Waals surface area (Å²) in [6.45, 7) is 4.39. The van der Waals surface area contributed by atoms with Gasteiger partial charge < -0.3 is 34.4 Å². The Labute approximate surface area is 236 Å². The standard InChI is InChI=1S/C29H26N4S2.Pt/c1-29(2)21-13-7-11-19(25(21)34)27-30-23(15-32(27)3)17-9-5-6-10-18(17)24-16-33(4)28(31-24)20-12-8-14-22(29)26(20)35;/h5-16,34-35H,1-4H3;/q;+2/p-2. The Kier molecular flexibility index (Phi) is 6.19. The van der Waals surface area contributed by atoms with E-state index in [9.17, 15) is 0 Å². The van der Waals surface area contributed by atoms with Crippen LogP contribution < -0.4 is 0 Å². The van der Waals surface area contributed by atoms with Crippen molar-refractivity contribution in [1.29, 1.82) is 0 Å². The first-order valence-corrected chi connectivity index (χ1v) is 12.4.